The minimum Gasteiger partial charge on any atom is -0.401 e. The molecule has 5 nitrogen and oxygen atoms in total. The second-order valence-electron chi connectivity index (χ2n) is 3.94. The summed E-state index contributed by atoms with van der Waals surface area (Å²) in [7, 11) is 2.53. The van der Waals surface area contributed by atoms with Crippen molar-refractivity contribution in [1.82, 2.24) is 9.27 Å². The van der Waals surface area contributed by atoms with Crippen molar-refractivity contribution in [1.29, 1.82) is 0 Å². The van der Waals surface area contributed by atoms with E-state index in [-0.39, 0.29) is 17.4 Å². The Morgan fingerprint density at radius 1 is 1.33 bits per heavy atom. The smallest absolute Gasteiger partial charge is 0.352 e. The van der Waals surface area contributed by atoms with Crippen molar-refractivity contribution in [3.05, 3.63) is 16.0 Å². The molecule has 0 aromatic heterocycles. The van der Waals surface area contributed by atoms with E-state index in [2.05, 4.69) is 4.37 Å². The Bertz CT molecular complexity index is 551. The number of carbonyl (C=O) groups is 1. The van der Waals surface area contributed by atoms with Gasteiger partial charge < -0.3 is 9.32 Å². The summed E-state index contributed by atoms with van der Waals surface area (Å²) >= 11 is 0. The first kappa shape index (κ1) is 13.2. The molecular weight excluding hydrogens is 272 g/mol. The molecule has 0 spiro atoms. The average Bonchev–Trinajstić information content (AvgIpc) is 2.87. The van der Waals surface area contributed by atoms with Crippen LogP contribution in [-0.2, 0) is 0 Å². The highest BCUT2D eigenvalue weighted by atomic mass is 32.9. The lowest BCUT2D eigenvalue weighted by Crippen LogP contribution is -2.34. The van der Waals surface area contributed by atoms with Crippen molar-refractivity contribution in [3.8, 4) is 10.8 Å². The molecule has 0 aromatic rings. The molecule has 2 aliphatic heterocycles. The Balaban J connectivity index is 2.34. The van der Waals surface area contributed by atoms with Crippen molar-refractivity contribution in [2.24, 2.45) is 0 Å². The highest BCUT2D eigenvalue weighted by Crippen LogP contribution is 2.31. The Kier molecular flexibility index (Phi) is 4.13. The minimum absolute atomic E-state index is 0.144. The summed E-state index contributed by atoms with van der Waals surface area (Å²) in [6.07, 6.45) is 1.73. The third kappa shape index (κ3) is 2.32. The number of hydrogen-bond donors (Lipinski definition) is 0. The van der Waals surface area contributed by atoms with E-state index < -0.39 is 5.63 Å². The van der Waals surface area contributed by atoms with Gasteiger partial charge in [0.15, 0.2) is 0 Å². The normalized spacial score (nSPS) is 11.0. The molecule has 0 saturated heterocycles. The van der Waals surface area contributed by atoms with Crippen LogP contribution in [0.25, 0.3) is 10.8 Å². The predicted octanol–water partition coefficient (Wildman–Crippen LogP) is 2.52. The molecule has 0 saturated carbocycles. The van der Waals surface area contributed by atoms with Crippen LogP contribution in [0, 0.1) is 0 Å². The van der Waals surface area contributed by atoms with E-state index in [0.717, 1.165) is 12.8 Å². The van der Waals surface area contributed by atoms with Crippen molar-refractivity contribution in [2.75, 3.05) is 13.1 Å². The number of hydrogen-bond acceptors (Lipinski definition) is 6. The monoisotopic (exact) mass is 286 g/mol. The second kappa shape index (κ2) is 5.62. The van der Waals surface area contributed by atoms with Gasteiger partial charge in [0.25, 0.3) is 11.8 Å². The SMILES string of the molecule is CCCN(CCC)C(=O)c1c2ssnc-2oc1=O. The van der Waals surface area contributed by atoms with Crippen molar-refractivity contribution < 1.29 is 9.21 Å². The van der Waals surface area contributed by atoms with Crippen LogP contribution in [0.3, 0.4) is 0 Å². The first-order valence-corrected chi connectivity index (χ1v) is 7.97. The van der Waals surface area contributed by atoms with Crippen LogP contribution in [0.5, 0.6) is 0 Å². The quantitative estimate of drug-likeness (QED) is 0.792. The van der Waals surface area contributed by atoms with Crippen LogP contribution in [-0.4, -0.2) is 28.3 Å². The zero-order valence-corrected chi connectivity index (χ0v) is 11.9. The van der Waals surface area contributed by atoms with Gasteiger partial charge in [-0.1, -0.05) is 24.2 Å². The lowest BCUT2D eigenvalue weighted by Gasteiger charge is -2.20. The minimum atomic E-state index is -0.571. The molecule has 0 unspecified atom stereocenters. The molecule has 0 atom stereocenters. The third-order valence-electron chi connectivity index (χ3n) is 2.54. The van der Waals surface area contributed by atoms with Gasteiger partial charge in [-0.25, -0.2) is 4.79 Å². The van der Waals surface area contributed by atoms with Crippen LogP contribution in [0.15, 0.2) is 9.21 Å². The topological polar surface area (TPSA) is 63.4 Å². The van der Waals surface area contributed by atoms with Gasteiger partial charge in [0, 0.05) is 23.6 Å². The molecule has 1 amide bonds. The Hall–Kier alpha value is -1.21. The molecule has 0 aliphatic carbocycles. The summed E-state index contributed by atoms with van der Waals surface area (Å²) in [6, 6.07) is 0. The van der Waals surface area contributed by atoms with Gasteiger partial charge in [0.2, 0.25) is 0 Å². The van der Waals surface area contributed by atoms with Gasteiger partial charge in [0.05, 0.1) is 0 Å². The first-order valence-electron chi connectivity index (χ1n) is 5.86. The maximum atomic E-state index is 12.4. The molecule has 2 heterocycles. The molecule has 0 aromatic carbocycles. The van der Waals surface area contributed by atoms with E-state index in [0.29, 0.717) is 18.0 Å². The second-order valence-corrected chi connectivity index (χ2v) is 5.79. The molecule has 7 heteroatoms. The summed E-state index contributed by atoms with van der Waals surface area (Å²) in [5.41, 5.74) is -0.426. The fourth-order valence-corrected chi connectivity index (χ4v) is 3.59. The van der Waals surface area contributed by atoms with Crippen LogP contribution < -0.4 is 5.63 Å². The number of carbonyl (C=O) groups excluding carboxylic acids is 1. The number of furan rings is 1. The molecule has 0 bridgehead atoms. The molecule has 0 radical (unpaired) electrons. The molecular formula is C11H14N2O3S2. The average molecular weight is 286 g/mol. The number of fused-ring (bicyclic) bond motifs is 1. The third-order valence-corrected chi connectivity index (χ3v) is 4.35. The number of nitrogens with zero attached hydrogens (tertiary/aromatic N) is 2. The lowest BCUT2D eigenvalue weighted by atomic mass is 10.2. The zero-order chi connectivity index (χ0) is 13.1. The molecule has 0 fully saturated rings. The summed E-state index contributed by atoms with van der Waals surface area (Å²) in [6.45, 7) is 5.32. The molecule has 98 valence electrons. The predicted molar refractivity (Wildman–Crippen MR) is 71.6 cm³/mol. The van der Waals surface area contributed by atoms with Crippen molar-refractivity contribution in [3.63, 3.8) is 0 Å². The van der Waals surface area contributed by atoms with Gasteiger partial charge >= 0.3 is 5.63 Å². The fourth-order valence-electron chi connectivity index (χ4n) is 1.81. The maximum absolute atomic E-state index is 12.4. The zero-order valence-electron chi connectivity index (χ0n) is 10.3. The molecule has 2 rings (SSSR count). The van der Waals surface area contributed by atoms with E-state index >= 15 is 0 Å². The van der Waals surface area contributed by atoms with E-state index in [1.807, 2.05) is 13.8 Å². The lowest BCUT2D eigenvalue weighted by molar-refractivity contribution is 0.0754. The summed E-state index contributed by atoms with van der Waals surface area (Å²) in [4.78, 5) is 26.4. The Morgan fingerprint density at radius 3 is 2.61 bits per heavy atom. The van der Waals surface area contributed by atoms with Crippen molar-refractivity contribution >= 4 is 26.8 Å². The number of aromatic nitrogens is 1. The maximum Gasteiger partial charge on any atom is 0.352 e. The molecule has 18 heavy (non-hydrogen) atoms. The van der Waals surface area contributed by atoms with Crippen LogP contribution in [0.4, 0.5) is 0 Å². The Labute approximate surface area is 112 Å². The van der Waals surface area contributed by atoms with Gasteiger partial charge in [-0.3, -0.25) is 4.79 Å². The van der Waals surface area contributed by atoms with Gasteiger partial charge in [-0.15, -0.1) is 4.37 Å². The van der Waals surface area contributed by atoms with Gasteiger partial charge in [0.1, 0.15) is 10.4 Å². The first-order chi connectivity index (χ1) is 8.69. The highest BCUT2D eigenvalue weighted by molar-refractivity contribution is 7.68. The van der Waals surface area contributed by atoms with E-state index in [4.69, 9.17) is 4.42 Å². The summed E-state index contributed by atoms with van der Waals surface area (Å²) in [5, 5.41) is 0. The van der Waals surface area contributed by atoms with Crippen LogP contribution in [0.2, 0.25) is 0 Å². The standard InChI is InChI=1S/C11H14N2O3S2/c1-3-5-13(6-4-2)10(14)7-8-9(12-18-17-8)16-11(7)15/h3-6H2,1-2H3. The number of amides is 1. The Morgan fingerprint density at radius 2 is 2.00 bits per heavy atom. The van der Waals surface area contributed by atoms with E-state index in [1.165, 1.54) is 20.9 Å². The van der Waals surface area contributed by atoms with Gasteiger partial charge in [-0.2, -0.15) is 0 Å². The van der Waals surface area contributed by atoms with Gasteiger partial charge in [-0.05, 0) is 12.8 Å². The molecule has 0 N–H and O–H groups in total. The summed E-state index contributed by atoms with van der Waals surface area (Å²) in [5.74, 6) is 0.0465. The van der Waals surface area contributed by atoms with Crippen LogP contribution in [0.1, 0.15) is 37.0 Å². The molecule has 2 aliphatic rings. The number of rotatable bonds is 5. The van der Waals surface area contributed by atoms with E-state index in [9.17, 15) is 9.59 Å². The fraction of sp³-hybridized carbons (Fsp3) is 0.545. The summed E-state index contributed by atoms with van der Waals surface area (Å²) < 4.78 is 8.93. The highest BCUT2D eigenvalue weighted by Gasteiger charge is 2.29. The largest absolute Gasteiger partial charge is 0.401 e. The van der Waals surface area contributed by atoms with E-state index in [1.54, 1.807) is 4.90 Å². The van der Waals surface area contributed by atoms with Crippen molar-refractivity contribution in [2.45, 2.75) is 26.7 Å². The van der Waals surface area contributed by atoms with Crippen LogP contribution >= 0.6 is 20.9 Å².